The van der Waals surface area contributed by atoms with Gasteiger partial charge in [-0.1, -0.05) is 17.2 Å². The highest BCUT2D eigenvalue weighted by Crippen LogP contribution is 2.45. The van der Waals surface area contributed by atoms with E-state index in [1.165, 1.54) is 27.6 Å². The van der Waals surface area contributed by atoms with Crippen molar-refractivity contribution in [2.24, 2.45) is 11.8 Å². The SMILES string of the molecule is Cc1cc(C)cc(-c2[nH]c3sc(C(C)(C)C(=O)C4C5CCC4NC5)cc3c2CCN2CCN(CC(=O)N3CCCC3)C(=O)C2)c1. The van der Waals surface area contributed by atoms with Crippen LogP contribution >= 0.6 is 11.3 Å². The quantitative estimate of drug-likeness (QED) is 0.360. The maximum absolute atomic E-state index is 14.0. The van der Waals surface area contributed by atoms with Crippen molar-refractivity contribution >= 4 is 39.2 Å². The summed E-state index contributed by atoms with van der Waals surface area (Å²) in [6, 6.07) is 9.28. The van der Waals surface area contributed by atoms with Crippen LogP contribution in [0.15, 0.2) is 24.3 Å². The van der Waals surface area contributed by atoms with Crippen LogP contribution in [0.4, 0.5) is 0 Å². The Hall–Kier alpha value is -3.01. The van der Waals surface area contributed by atoms with Crippen LogP contribution in [-0.2, 0) is 26.2 Å². The molecule has 3 aromatic rings. The van der Waals surface area contributed by atoms with Gasteiger partial charge in [0.2, 0.25) is 11.8 Å². The number of piperazine rings is 1. The number of ketones is 1. The highest BCUT2D eigenvalue weighted by molar-refractivity contribution is 7.19. The van der Waals surface area contributed by atoms with Gasteiger partial charge in [-0.15, -0.1) is 11.3 Å². The van der Waals surface area contributed by atoms with Gasteiger partial charge in [-0.05, 0) is 102 Å². The van der Waals surface area contributed by atoms with Gasteiger partial charge in [0.05, 0.1) is 24.2 Å². The van der Waals surface area contributed by atoms with E-state index in [1.54, 1.807) is 16.2 Å². The zero-order valence-electron chi connectivity index (χ0n) is 27.2. The number of carbonyl (C=O) groups excluding carboxylic acids is 3. The molecule has 4 fully saturated rings. The number of likely N-dealkylation sites (tertiary alicyclic amines) is 1. The van der Waals surface area contributed by atoms with E-state index < -0.39 is 5.41 Å². The van der Waals surface area contributed by atoms with Crippen LogP contribution in [0.1, 0.15) is 61.1 Å². The Kier molecular flexibility index (Phi) is 8.15. The number of benzene rings is 1. The van der Waals surface area contributed by atoms with E-state index in [1.807, 2.05) is 4.90 Å². The summed E-state index contributed by atoms with van der Waals surface area (Å²) < 4.78 is 0. The zero-order chi connectivity index (χ0) is 31.5. The Morgan fingerprint density at radius 2 is 1.76 bits per heavy atom. The second kappa shape index (κ2) is 12.0. The van der Waals surface area contributed by atoms with E-state index in [0.717, 1.165) is 80.2 Å². The van der Waals surface area contributed by atoms with Crippen LogP contribution in [0.2, 0.25) is 0 Å². The third-order valence-electron chi connectivity index (χ3n) is 10.9. The number of rotatable bonds is 9. The summed E-state index contributed by atoms with van der Waals surface area (Å²) in [6.07, 6.45) is 5.18. The largest absolute Gasteiger partial charge is 0.346 e. The van der Waals surface area contributed by atoms with Gasteiger partial charge in [0.25, 0.3) is 0 Å². The smallest absolute Gasteiger partial charge is 0.242 e. The number of piperidine rings is 1. The highest BCUT2D eigenvalue weighted by Gasteiger charge is 2.50. The van der Waals surface area contributed by atoms with Crippen molar-refractivity contribution in [1.82, 2.24) is 25.0 Å². The molecular weight excluding hydrogens is 582 g/mol. The van der Waals surface area contributed by atoms with E-state index in [2.05, 4.69) is 67.2 Å². The number of hydrogen-bond acceptors (Lipinski definition) is 6. The van der Waals surface area contributed by atoms with Crippen molar-refractivity contribution in [3.8, 4) is 11.3 Å². The molecule has 4 aliphatic rings. The summed E-state index contributed by atoms with van der Waals surface area (Å²) in [5, 5.41) is 4.77. The lowest BCUT2D eigenvalue weighted by Crippen LogP contribution is -2.53. The summed E-state index contributed by atoms with van der Waals surface area (Å²) in [7, 11) is 0. The third-order valence-corrected chi connectivity index (χ3v) is 12.3. The van der Waals surface area contributed by atoms with E-state index in [-0.39, 0.29) is 24.3 Å². The molecule has 3 aliphatic heterocycles. The Balaban J connectivity index is 1.12. The standard InChI is InChI=1S/C36H47N5O3S/c1-22-15-23(2)17-25(16-22)33-26(9-12-39-13-14-41(30(42)20-39)21-31(43)40-10-5-6-11-40)27-18-29(45-35(27)38-33)36(3,4)34(44)32-24-7-8-28(32)37-19-24/h15-18,24,28,32,37-38H,5-14,19-21H2,1-4H3. The zero-order valence-corrected chi connectivity index (χ0v) is 28.0. The second-order valence-electron chi connectivity index (χ2n) is 14.5. The summed E-state index contributed by atoms with van der Waals surface area (Å²) in [5.41, 5.74) is 5.48. The first-order valence-electron chi connectivity index (χ1n) is 16.9. The number of carbonyl (C=O) groups is 3. The molecule has 0 spiro atoms. The van der Waals surface area contributed by atoms with Gasteiger partial charge in [0.1, 0.15) is 10.6 Å². The average molecular weight is 630 g/mol. The minimum absolute atomic E-state index is 0.0380. The molecule has 240 valence electrons. The molecule has 1 aliphatic carbocycles. The fraction of sp³-hybridized carbons (Fsp3) is 0.583. The Morgan fingerprint density at radius 3 is 2.40 bits per heavy atom. The molecule has 3 unspecified atom stereocenters. The number of fused-ring (bicyclic) bond motifs is 3. The van der Waals surface area contributed by atoms with Gasteiger partial charge in [-0.3, -0.25) is 19.3 Å². The van der Waals surface area contributed by atoms with Crippen molar-refractivity contribution in [1.29, 1.82) is 0 Å². The number of H-pyrrole nitrogens is 1. The van der Waals surface area contributed by atoms with Gasteiger partial charge in [0, 0.05) is 54.9 Å². The van der Waals surface area contributed by atoms with E-state index in [4.69, 9.17) is 0 Å². The number of nitrogens with one attached hydrogen (secondary N) is 2. The molecule has 3 atom stereocenters. The van der Waals surface area contributed by atoms with Crippen molar-refractivity contribution in [2.45, 2.75) is 71.3 Å². The first kappa shape index (κ1) is 30.6. The van der Waals surface area contributed by atoms with Crippen molar-refractivity contribution in [3.05, 3.63) is 45.8 Å². The minimum Gasteiger partial charge on any atom is -0.346 e. The number of thiophene rings is 1. The monoisotopic (exact) mass is 629 g/mol. The molecule has 2 bridgehead atoms. The van der Waals surface area contributed by atoms with Crippen LogP contribution < -0.4 is 5.32 Å². The van der Waals surface area contributed by atoms with Crippen LogP contribution in [0.3, 0.4) is 0 Å². The van der Waals surface area contributed by atoms with Gasteiger partial charge < -0.3 is 20.1 Å². The molecule has 45 heavy (non-hydrogen) atoms. The Bertz CT molecular complexity index is 1590. The molecule has 8 nitrogen and oxygen atoms in total. The predicted octanol–water partition coefficient (Wildman–Crippen LogP) is 4.67. The van der Waals surface area contributed by atoms with Crippen LogP contribution in [0, 0.1) is 25.7 Å². The summed E-state index contributed by atoms with van der Waals surface area (Å²) in [4.78, 5) is 51.7. The Morgan fingerprint density at radius 1 is 1.00 bits per heavy atom. The van der Waals surface area contributed by atoms with E-state index in [9.17, 15) is 14.4 Å². The van der Waals surface area contributed by atoms with Crippen LogP contribution in [0.5, 0.6) is 0 Å². The second-order valence-corrected chi connectivity index (χ2v) is 15.6. The van der Waals surface area contributed by atoms with Crippen LogP contribution in [-0.4, -0.2) is 95.7 Å². The molecule has 3 saturated heterocycles. The summed E-state index contributed by atoms with van der Waals surface area (Å²) in [6.45, 7) is 13.7. The molecular formula is C36H47N5O3S. The maximum atomic E-state index is 14.0. The minimum atomic E-state index is -0.547. The summed E-state index contributed by atoms with van der Waals surface area (Å²) in [5.74, 6) is 1.08. The topological polar surface area (TPSA) is 88.8 Å². The number of aromatic nitrogens is 1. The third kappa shape index (κ3) is 5.76. The normalized spacial score (nSPS) is 24.0. The highest BCUT2D eigenvalue weighted by atomic mass is 32.1. The lowest BCUT2D eigenvalue weighted by Gasteiger charge is -2.34. The molecule has 0 radical (unpaired) electrons. The molecule has 7 rings (SSSR count). The maximum Gasteiger partial charge on any atom is 0.242 e. The van der Waals surface area contributed by atoms with Gasteiger partial charge >= 0.3 is 0 Å². The van der Waals surface area contributed by atoms with E-state index in [0.29, 0.717) is 30.8 Å². The van der Waals surface area contributed by atoms with Gasteiger partial charge in [-0.2, -0.15) is 0 Å². The number of aromatic amines is 1. The van der Waals surface area contributed by atoms with Crippen molar-refractivity contribution < 1.29 is 14.4 Å². The van der Waals surface area contributed by atoms with Crippen molar-refractivity contribution in [2.75, 3.05) is 52.4 Å². The number of aryl methyl sites for hydroxylation is 2. The number of nitrogens with zero attached hydrogens (tertiary/aromatic N) is 3. The average Bonchev–Trinajstić information content (AvgIpc) is 3.83. The molecule has 2 amide bonds. The molecule has 9 heteroatoms. The Labute approximate surface area is 270 Å². The molecule has 1 saturated carbocycles. The molecule has 1 aromatic carbocycles. The number of Topliss-reactive ketones (excluding diaryl/α,β-unsaturated/α-hetero) is 1. The van der Waals surface area contributed by atoms with E-state index >= 15 is 0 Å². The number of hydrogen-bond donors (Lipinski definition) is 2. The van der Waals surface area contributed by atoms with Crippen LogP contribution in [0.25, 0.3) is 21.5 Å². The first-order chi connectivity index (χ1) is 21.6. The fourth-order valence-corrected chi connectivity index (χ4v) is 9.55. The lowest BCUT2D eigenvalue weighted by molar-refractivity contribution is -0.143. The fourth-order valence-electron chi connectivity index (χ4n) is 8.36. The molecule has 2 aromatic heterocycles. The predicted molar refractivity (Wildman–Crippen MR) is 180 cm³/mol. The summed E-state index contributed by atoms with van der Waals surface area (Å²) >= 11 is 1.72. The number of amides is 2. The molecule has 5 heterocycles. The lowest BCUT2D eigenvalue weighted by atomic mass is 9.76. The van der Waals surface area contributed by atoms with Gasteiger partial charge in [0.15, 0.2) is 0 Å². The first-order valence-corrected chi connectivity index (χ1v) is 17.7. The van der Waals surface area contributed by atoms with Crippen molar-refractivity contribution in [3.63, 3.8) is 0 Å². The molecule has 2 N–H and O–H groups in total. The van der Waals surface area contributed by atoms with Gasteiger partial charge in [-0.25, -0.2) is 0 Å².